The molecule has 0 spiro atoms. The van der Waals surface area contributed by atoms with Crippen molar-refractivity contribution in [2.24, 2.45) is 4.99 Å². The minimum Gasteiger partial charge on any atom is -0.478 e. The van der Waals surface area contributed by atoms with Crippen molar-refractivity contribution >= 4 is 23.0 Å². The molecule has 4 heteroatoms. The molecule has 0 amide bonds. The highest BCUT2D eigenvalue weighted by atomic mass is 32.1. The average Bonchev–Trinajstić information content (AvgIpc) is 2.86. The van der Waals surface area contributed by atoms with Gasteiger partial charge in [-0.05, 0) is 23.9 Å². The van der Waals surface area contributed by atoms with E-state index in [2.05, 4.69) is 4.99 Å². The van der Waals surface area contributed by atoms with Gasteiger partial charge in [0.2, 0.25) is 0 Å². The molecule has 1 atom stereocenters. The van der Waals surface area contributed by atoms with E-state index in [1.165, 1.54) is 0 Å². The zero-order chi connectivity index (χ0) is 10.8. The molecule has 15 heavy (non-hydrogen) atoms. The van der Waals surface area contributed by atoms with Gasteiger partial charge in [-0.15, -0.1) is 11.3 Å². The first kappa shape index (κ1) is 10.1. The van der Waals surface area contributed by atoms with Crippen LogP contribution in [0.25, 0.3) is 0 Å². The van der Waals surface area contributed by atoms with Gasteiger partial charge in [-0.3, -0.25) is 4.99 Å². The smallest absolute Gasteiger partial charge is 0.333 e. The summed E-state index contributed by atoms with van der Waals surface area (Å²) in [6, 6.07) is 3.72. The van der Waals surface area contributed by atoms with Crippen molar-refractivity contribution < 1.29 is 9.90 Å². The maximum absolute atomic E-state index is 10.9. The van der Waals surface area contributed by atoms with Crippen LogP contribution in [-0.4, -0.2) is 22.8 Å². The van der Waals surface area contributed by atoms with E-state index in [0.29, 0.717) is 5.57 Å². The van der Waals surface area contributed by atoms with Crippen LogP contribution in [0.2, 0.25) is 0 Å². The van der Waals surface area contributed by atoms with Crippen LogP contribution in [-0.2, 0) is 4.79 Å². The molecule has 1 N–H and O–H groups in total. The molecule has 1 unspecified atom stereocenters. The van der Waals surface area contributed by atoms with E-state index in [9.17, 15) is 4.79 Å². The molecule has 1 aromatic rings. The first-order chi connectivity index (χ1) is 7.22. The standard InChI is InChI=1S/C11H11NO2S/c1-2-8-7(11(13)14)6-9(12-8)10-4-3-5-15-10/h3-6,8H,2H2,1H3,(H,13,14). The Hall–Kier alpha value is -1.42. The Balaban J connectivity index is 2.33. The van der Waals surface area contributed by atoms with E-state index in [4.69, 9.17) is 5.11 Å². The van der Waals surface area contributed by atoms with Gasteiger partial charge in [-0.1, -0.05) is 13.0 Å². The van der Waals surface area contributed by atoms with Crippen LogP contribution < -0.4 is 0 Å². The Morgan fingerprint density at radius 2 is 2.47 bits per heavy atom. The Morgan fingerprint density at radius 1 is 1.67 bits per heavy atom. The molecule has 78 valence electrons. The first-order valence-electron chi connectivity index (χ1n) is 4.79. The second kappa shape index (κ2) is 3.98. The molecular formula is C11H11NO2S. The molecule has 0 bridgehead atoms. The highest BCUT2D eigenvalue weighted by Crippen LogP contribution is 2.23. The summed E-state index contributed by atoms with van der Waals surface area (Å²) in [7, 11) is 0. The van der Waals surface area contributed by atoms with Crippen molar-refractivity contribution in [3.05, 3.63) is 34.0 Å². The topological polar surface area (TPSA) is 49.7 Å². The van der Waals surface area contributed by atoms with Crippen LogP contribution in [0.1, 0.15) is 18.2 Å². The molecule has 0 aromatic carbocycles. The van der Waals surface area contributed by atoms with Crippen molar-refractivity contribution in [2.75, 3.05) is 0 Å². The molecule has 2 rings (SSSR count). The highest BCUT2D eigenvalue weighted by Gasteiger charge is 2.25. The molecule has 0 aliphatic carbocycles. The Morgan fingerprint density at radius 3 is 2.93 bits per heavy atom. The SMILES string of the molecule is CCC1N=C(c2cccs2)C=C1C(=O)O. The number of hydrogen-bond acceptors (Lipinski definition) is 3. The zero-order valence-electron chi connectivity index (χ0n) is 8.30. The van der Waals surface area contributed by atoms with Gasteiger partial charge < -0.3 is 5.11 Å². The molecule has 1 aliphatic rings. The number of carboxylic acids is 1. The van der Waals surface area contributed by atoms with Gasteiger partial charge in [0.15, 0.2) is 0 Å². The Labute approximate surface area is 91.8 Å². The monoisotopic (exact) mass is 221 g/mol. The summed E-state index contributed by atoms with van der Waals surface area (Å²) in [5.41, 5.74) is 1.20. The van der Waals surface area contributed by atoms with Crippen molar-refractivity contribution in [3.63, 3.8) is 0 Å². The predicted molar refractivity (Wildman–Crippen MR) is 60.7 cm³/mol. The molecule has 0 fully saturated rings. The van der Waals surface area contributed by atoms with Gasteiger partial charge >= 0.3 is 5.97 Å². The third kappa shape index (κ3) is 1.85. The number of thiophene rings is 1. The minimum atomic E-state index is -0.864. The lowest BCUT2D eigenvalue weighted by Gasteiger charge is -2.03. The summed E-state index contributed by atoms with van der Waals surface area (Å²) in [5, 5.41) is 11.0. The van der Waals surface area contributed by atoms with Crippen LogP contribution in [0.15, 0.2) is 34.2 Å². The van der Waals surface area contributed by atoms with Crippen LogP contribution in [0.3, 0.4) is 0 Å². The number of nitrogens with zero attached hydrogens (tertiary/aromatic N) is 1. The van der Waals surface area contributed by atoms with E-state index in [1.807, 2.05) is 24.4 Å². The fraction of sp³-hybridized carbons (Fsp3) is 0.273. The molecular weight excluding hydrogens is 210 g/mol. The number of hydrogen-bond donors (Lipinski definition) is 1. The van der Waals surface area contributed by atoms with Crippen molar-refractivity contribution in [2.45, 2.75) is 19.4 Å². The fourth-order valence-corrected chi connectivity index (χ4v) is 2.29. The van der Waals surface area contributed by atoms with Crippen LogP contribution in [0.5, 0.6) is 0 Å². The third-order valence-electron chi connectivity index (χ3n) is 2.35. The number of carboxylic acid groups (broad SMARTS) is 1. The highest BCUT2D eigenvalue weighted by molar-refractivity contribution is 7.12. The van der Waals surface area contributed by atoms with Gasteiger partial charge in [0, 0.05) is 0 Å². The second-order valence-electron chi connectivity index (χ2n) is 3.32. The van der Waals surface area contributed by atoms with Crippen LogP contribution in [0, 0.1) is 0 Å². The Kier molecular flexibility index (Phi) is 2.68. The van der Waals surface area contributed by atoms with E-state index in [0.717, 1.165) is 17.0 Å². The van der Waals surface area contributed by atoms with Gasteiger partial charge in [-0.2, -0.15) is 0 Å². The summed E-state index contributed by atoms with van der Waals surface area (Å²) < 4.78 is 0. The molecule has 0 saturated carbocycles. The normalized spacial score (nSPS) is 19.9. The van der Waals surface area contributed by atoms with Gasteiger partial charge in [0.05, 0.1) is 22.2 Å². The van der Waals surface area contributed by atoms with Crippen LogP contribution in [0.4, 0.5) is 0 Å². The van der Waals surface area contributed by atoms with Gasteiger partial charge in [0.1, 0.15) is 0 Å². The maximum Gasteiger partial charge on any atom is 0.333 e. The zero-order valence-corrected chi connectivity index (χ0v) is 9.12. The number of aliphatic imine (C=N–C) groups is 1. The molecule has 3 nitrogen and oxygen atoms in total. The van der Waals surface area contributed by atoms with Crippen molar-refractivity contribution in [1.29, 1.82) is 0 Å². The van der Waals surface area contributed by atoms with Crippen LogP contribution >= 0.6 is 11.3 Å². The van der Waals surface area contributed by atoms with E-state index in [-0.39, 0.29) is 6.04 Å². The fourth-order valence-electron chi connectivity index (χ4n) is 1.59. The number of allylic oxidation sites excluding steroid dienone is 1. The lowest BCUT2D eigenvalue weighted by molar-refractivity contribution is -0.132. The van der Waals surface area contributed by atoms with E-state index < -0.39 is 5.97 Å². The molecule has 1 aromatic heterocycles. The van der Waals surface area contributed by atoms with Crippen molar-refractivity contribution in [3.8, 4) is 0 Å². The average molecular weight is 221 g/mol. The van der Waals surface area contributed by atoms with Gasteiger partial charge in [0.25, 0.3) is 0 Å². The summed E-state index contributed by atoms with van der Waals surface area (Å²) in [5.74, 6) is -0.864. The molecule has 2 heterocycles. The summed E-state index contributed by atoms with van der Waals surface area (Å²) >= 11 is 1.58. The summed E-state index contributed by atoms with van der Waals surface area (Å²) in [4.78, 5) is 16.4. The maximum atomic E-state index is 10.9. The van der Waals surface area contributed by atoms with E-state index >= 15 is 0 Å². The minimum absolute atomic E-state index is 0.181. The number of rotatable bonds is 3. The quantitative estimate of drug-likeness (QED) is 0.851. The molecule has 0 saturated heterocycles. The Bertz CT molecular complexity index is 431. The van der Waals surface area contributed by atoms with Gasteiger partial charge in [-0.25, -0.2) is 4.79 Å². The molecule has 0 radical (unpaired) electrons. The predicted octanol–water partition coefficient (Wildman–Crippen LogP) is 2.34. The lowest BCUT2D eigenvalue weighted by Crippen LogP contribution is -2.11. The third-order valence-corrected chi connectivity index (χ3v) is 3.25. The largest absolute Gasteiger partial charge is 0.478 e. The number of carbonyl (C=O) groups is 1. The first-order valence-corrected chi connectivity index (χ1v) is 5.67. The van der Waals surface area contributed by atoms with E-state index in [1.54, 1.807) is 17.4 Å². The summed E-state index contributed by atoms with van der Waals surface area (Å²) in [6.07, 6.45) is 2.41. The second-order valence-corrected chi connectivity index (χ2v) is 4.27. The summed E-state index contributed by atoms with van der Waals surface area (Å²) in [6.45, 7) is 1.95. The van der Waals surface area contributed by atoms with Crippen molar-refractivity contribution in [1.82, 2.24) is 0 Å². The molecule has 1 aliphatic heterocycles. The lowest BCUT2D eigenvalue weighted by atomic mass is 10.1. The number of aliphatic carboxylic acids is 1.